The van der Waals surface area contributed by atoms with E-state index in [2.05, 4.69) is 10.2 Å². The Morgan fingerprint density at radius 1 is 1.50 bits per heavy atom. The summed E-state index contributed by atoms with van der Waals surface area (Å²) in [4.78, 5) is 0. The van der Waals surface area contributed by atoms with Crippen molar-refractivity contribution in [2.24, 2.45) is 0 Å². The van der Waals surface area contributed by atoms with Crippen molar-refractivity contribution < 1.29 is 9.13 Å². The molecule has 0 radical (unpaired) electrons. The number of aromatic amines is 1. The zero-order chi connectivity index (χ0) is 12.7. The number of ether oxygens (including phenoxy) is 1. The third-order valence-electron chi connectivity index (χ3n) is 3.03. The number of nitrogens with one attached hydrogen (secondary N) is 1. The van der Waals surface area contributed by atoms with Gasteiger partial charge in [0.05, 0.1) is 12.8 Å². The molecule has 1 aromatic heterocycles. The number of hydrogen-bond acceptors (Lipinski definition) is 3. The molecule has 0 spiro atoms. The van der Waals surface area contributed by atoms with E-state index in [9.17, 15) is 4.39 Å². The quantitative estimate of drug-likeness (QED) is 0.868. The van der Waals surface area contributed by atoms with E-state index in [1.807, 2.05) is 0 Å². The first-order valence-electron chi connectivity index (χ1n) is 5.72. The summed E-state index contributed by atoms with van der Waals surface area (Å²) in [5.74, 6) is 1.43. The Balaban J connectivity index is 2.19. The highest BCUT2D eigenvalue weighted by Crippen LogP contribution is 2.40. The van der Waals surface area contributed by atoms with Gasteiger partial charge in [0.15, 0.2) is 4.77 Å². The molecule has 0 aliphatic heterocycles. The summed E-state index contributed by atoms with van der Waals surface area (Å²) < 4.78 is 21.1. The topological polar surface area (TPSA) is 42.8 Å². The maximum Gasteiger partial charge on any atom is 0.199 e. The molecule has 0 amide bonds. The van der Waals surface area contributed by atoms with Crippen molar-refractivity contribution >= 4 is 12.2 Å². The van der Waals surface area contributed by atoms with Crippen LogP contribution >= 0.6 is 12.2 Å². The molecule has 0 saturated heterocycles. The summed E-state index contributed by atoms with van der Waals surface area (Å²) >= 11 is 5.18. The summed E-state index contributed by atoms with van der Waals surface area (Å²) in [6.45, 7) is 0. The third kappa shape index (κ3) is 1.82. The van der Waals surface area contributed by atoms with Gasteiger partial charge in [0.25, 0.3) is 0 Å². The standard InChI is InChI=1S/C12H12FN3OS/c1-17-8-4-5-9(13)10(6-8)16-11(7-2-3-7)14-15-12(16)18/h4-7H,2-3H2,1H3,(H,15,18). The number of methoxy groups -OCH3 is 1. The lowest BCUT2D eigenvalue weighted by atomic mass is 10.2. The van der Waals surface area contributed by atoms with Crippen LogP contribution in [0, 0.1) is 10.6 Å². The molecule has 6 heteroatoms. The molecule has 4 nitrogen and oxygen atoms in total. The van der Waals surface area contributed by atoms with E-state index in [-0.39, 0.29) is 5.82 Å². The van der Waals surface area contributed by atoms with Crippen LogP contribution in [0.1, 0.15) is 24.6 Å². The second kappa shape index (κ2) is 4.20. The minimum atomic E-state index is -0.338. The smallest absolute Gasteiger partial charge is 0.199 e. The fourth-order valence-corrected chi connectivity index (χ4v) is 2.19. The first-order chi connectivity index (χ1) is 8.70. The Morgan fingerprint density at radius 2 is 2.28 bits per heavy atom. The van der Waals surface area contributed by atoms with Gasteiger partial charge in [-0.25, -0.2) is 4.39 Å². The highest BCUT2D eigenvalue weighted by molar-refractivity contribution is 7.71. The van der Waals surface area contributed by atoms with Crippen molar-refractivity contribution in [2.75, 3.05) is 7.11 Å². The van der Waals surface area contributed by atoms with E-state index in [0.29, 0.717) is 22.1 Å². The van der Waals surface area contributed by atoms with Crippen LogP contribution in [0.2, 0.25) is 0 Å². The van der Waals surface area contributed by atoms with Gasteiger partial charge in [0, 0.05) is 12.0 Å². The zero-order valence-electron chi connectivity index (χ0n) is 9.81. The van der Waals surface area contributed by atoms with Gasteiger partial charge >= 0.3 is 0 Å². The van der Waals surface area contributed by atoms with Crippen LogP contribution in [0.3, 0.4) is 0 Å². The Labute approximate surface area is 108 Å². The number of H-pyrrole nitrogens is 1. The summed E-state index contributed by atoms with van der Waals surface area (Å²) in [6.07, 6.45) is 2.15. The molecule has 1 aromatic carbocycles. The van der Waals surface area contributed by atoms with Crippen LogP contribution in [-0.4, -0.2) is 21.9 Å². The van der Waals surface area contributed by atoms with Gasteiger partial charge in [-0.3, -0.25) is 9.67 Å². The van der Waals surface area contributed by atoms with E-state index in [1.54, 1.807) is 23.8 Å². The Hall–Kier alpha value is -1.69. The number of hydrogen-bond donors (Lipinski definition) is 1. The molecule has 1 aliphatic rings. The molecular formula is C12H12FN3OS. The van der Waals surface area contributed by atoms with E-state index in [4.69, 9.17) is 17.0 Å². The summed E-state index contributed by atoms with van der Waals surface area (Å²) in [6, 6.07) is 4.59. The lowest BCUT2D eigenvalue weighted by Gasteiger charge is -2.09. The van der Waals surface area contributed by atoms with Gasteiger partial charge in [-0.1, -0.05) is 0 Å². The van der Waals surface area contributed by atoms with Gasteiger partial charge in [0.1, 0.15) is 17.4 Å². The van der Waals surface area contributed by atoms with Crippen molar-refractivity contribution in [2.45, 2.75) is 18.8 Å². The lowest BCUT2D eigenvalue weighted by Crippen LogP contribution is -2.03. The van der Waals surface area contributed by atoms with Crippen LogP contribution < -0.4 is 4.74 Å². The Morgan fingerprint density at radius 3 is 2.94 bits per heavy atom. The van der Waals surface area contributed by atoms with E-state index in [1.165, 1.54) is 6.07 Å². The van der Waals surface area contributed by atoms with Gasteiger partial charge < -0.3 is 4.74 Å². The minimum Gasteiger partial charge on any atom is -0.497 e. The highest BCUT2D eigenvalue weighted by Gasteiger charge is 2.30. The molecule has 0 unspecified atom stereocenters. The van der Waals surface area contributed by atoms with Crippen LogP contribution in [0.15, 0.2) is 18.2 Å². The van der Waals surface area contributed by atoms with Crippen molar-refractivity contribution in [1.29, 1.82) is 0 Å². The van der Waals surface area contributed by atoms with Crippen LogP contribution in [-0.2, 0) is 0 Å². The fourth-order valence-electron chi connectivity index (χ4n) is 1.95. The van der Waals surface area contributed by atoms with Gasteiger partial charge in [0.2, 0.25) is 0 Å². The number of benzene rings is 1. The number of rotatable bonds is 3. The molecule has 0 bridgehead atoms. The molecule has 0 atom stereocenters. The van der Waals surface area contributed by atoms with Crippen molar-refractivity contribution in [1.82, 2.24) is 14.8 Å². The maximum atomic E-state index is 13.9. The largest absolute Gasteiger partial charge is 0.497 e. The van der Waals surface area contributed by atoms with Crippen LogP contribution in [0.5, 0.6) is 5.75 Å². The monoisotopic (exact) mass is 265 g/mol. The number of nitrogens with zero attached hydrogens (tertiary/aromatic N) is 2. The van der Waals surface area contributed by atoms with E-state index in [0.717, 1.165) is 18.7 Å². The van der Waals surface area contributed by atoms with Crippen molar-refractivity contribution in [3.8, 4) is 11.4 Å². The molecule has 3 rings (SSSR count). The number of halogens is 1. The molecule has 2 aromatic rings. The normalized spacial score (nSPS) is 14.8. The molecule has 1 aliphatic carbocycles. The first-order valence-corrected chi connectivity index (χ1v) is 6.12. The van der Waals surface area contributed by atoms with Gasteiger partial charge in [-0.2, -0.15) is 5.10 Å². The SMILES string of the molecule is COc1ccc(F)c(-n2c(C3CC3)n[nH]c2=S)c1. The van der Waals surface area contributed by atoms with Crippen LogP contribution in [0.4, 0.5) is 4.39 Å². The van der Waals surface area contributed by atoms with E-state index >= 15 is 0 Å². The minimum absolute atomic E-state index is 0.338. The average molecular weight is 265 g/mol. The predicted octanol–water partition coefficient (Wildman–Crippen LogP) is 2.95. The lowest BCUT2D eigenvalue weighted by molar-refractivity contribution is 0.413. The molecule has 1 heterocycles. The van der Waals surface area contributed by atoms with Gasteiger partial charge in [-0.15, -0.1) is 0 Å². The molecule has 1 saturated carbocycles. The first kappa shape index (κ1) is 11.4. The summed E-state index contributed by atoms with van der Waals surface area (Å²) in [5, 5.41) is 6.92. The summed E-state index contributed by atoms with van der Waals surface area (Å²) in [7, 11) is 1.55. The van der Waals surface area contributed by atoms with E-state index < -0.39 is 0 Å². The van der Waals surface area contributed by atoms with Crippen molar-refractivity contribution in [3.63, 3.8) is 0 Å². The highest BCUT2D eigenvalue weighted by atomic mass is 32.1. The molecule has 18 heavy (non-hydrogen) atoms. The second-order valence-electron chi connectivity index (χ2n) is 4.31. The summed E-state index contributed by atoms with van der Waals surface area (Å²) in [5.41, 5.74) is 0.384. The predicted molar refractivity (Wildman–Crippen MR) is 67.2 cm³/mol. The molecule has 1 N–H and O–H groups in total. The third-order valence-corrected chi connectivity index (χ3v) is 3.31. The fraction of sp³-hybridized carbons (Fsp3) is 0.333. The van der Waals surface area contributed by atoms with Crippen molar-refractivity contribution in [3.05, 3.63) is 34.6 Å². The molecular weight excluding hydrogens is 253 g/mol. The zero-order valence-corrected chi connectivity index (χ0v) is 10.6. The Kier molecular flexibility index (Phi) is 2.66. The second-order valence-corrected chi connectivity index (χ2v) is 4.70. The molecule has 94 valence electrons. The molecule has 1 fully saturated rings. The van der Waals surface area contributed by atoms with Gasteiger partial charge in [-0.05, 0) is 37.2 Å². The van der Waals surface area contributed by atoms with Crippen LogP contribution in [0.25, 0.3) is 5.69 Å². The Bertz CT molecular complexity index is 645. The number of aromatic nitrogens is 3. The average Bonchev–Trinajstić information content (AvgIpc) is 3.14. The maximum absolute atomic E-state index is 13.9.